The molecule has 2 unspecified atom stereocenters. The van der Waals surface area contributed by atoms with Crippen LogP contribution in [0.1, 0.15) is 25.3 Å². The third kappa shape index (κ3) is 3.13. The summed E-state index contributed by atoms with van der Waals surface area (Å²) in [7, 11) is 0. The van der Waals surface area contributed by atoms with E-state index in [1.165, 1.54) is 6.07 Å². The number of hydrogen-bond acceptors (Lipinski definition) is 2. The number of rotatable bonds is 3. The van der Waals surface area contributed by atoms with E-state index < -0.39 is 0 Å². The van der Waals surface area contributed by atoms with Gasteiger partial charge in [-0.3, -0.25) is 4.79 Å². The highest BCUT2D eigenvalue weighted by atomic mass is 79.9. The van der Waals surface area contributed by atoms with E-state index in [0.29, 0.717) is 10.0 Å². The molecular formula is C13H14BrFO2. The van der Waals surface area contributed by atoms with Crippen LogP contribution in [0.5, 0.6) is 0 Å². The van der Waals surface area contributed by atoms with E-state index in [9.17, 15) is 9.18 Å². The van der Waals surface area contributed by atoms with Gasteiger partial charge >= 0.3 is 0 Å². The molecule has 1 aliphatic heterocycles. The van der Waals surface area contributed by atoms with Crippen molar-refractivity contribution in [3.8, 4) is 0 Å². The van der Waals surface area contributed by atoms with Crippen molar-refractivity contribution in [3.63, 3.8) is 0 Å². The van der Waals surface area contributed by atoms with Gasteiger partial charge in [0.15, 0.2) is 5.78 Å². The summed E-state index contributed by atoms with van der Waals surface area (Å²) in [4.78, 5) is 11.9. The fourth-order valence-electron chi connectivity index (χ4n) is 2.01. The first-order valence-corrected chi connectivity index (χ1v) is 6.47. The number of carbonyl (C=O) groups excluding carboxylic acids is 1. The molecule has 17 heavy (non-hydrogen) atoms. The molecule has 1 saturated heterocycles. The third-order valence-electron chi connectivity index (χ3n) is 2.97. The normalized spacial score (nSPS) is 23.9. The van der Waals surface area contributed by atoms with Gasteiger partial charge in [0.25, 0.3) is 0 Å². The Morgan fingerprint density at radius 3 is 2.88 bits per heavy atom. The fraction of sp³-hybridized carbons (Fsp3) is 0.462. The Bertz CT molecular complexity index is 433. The first-order valence-electron chi connectivity index (χ1n) is 5.68. The van der Waals surface area contributed by atoms with E-state index in [1.54, 1.807) is 12.1 Å². The quantitative estimate of drug-likeness (QED) is 0.856. The smallest absolute Gasteiger partial charge is 0.166 e. The van der Waals surface area contributed by atoms with Gasteiger partial charge in [0.2, 0.25) is 0 Å². The summed E-state index contributed by atoms with van der Waals surface area (Å²) in [6.07, 6.45) is 1.54. The van der Waals surface area contributed by atoms with E-state index >= 15 is 0 Å². The molecule has 1 fully saturated rings. The van der Waals surface area contributed by atoms with Gasteiger partial charge in [-0.1, -0.05) is 22.0 Å². The average molecular weight is 301 g/mol. The van der Waals surface area contributed by atoms with E-state index in [1.807, 2.05) is 6.92 Å². The number of benzene rings is 1. The first kappa shape index (κ1) is 12.7. The lowest BCUT2D eigenvalue weighted by molar-refractivity contribution is -0.128. The molecule has 0 saturated carbocycles. The van der Waals surface area contributed by atoms with Crippen LogP contribution in [0.4, 0.5) is 4.39 Å². The minimum absolute atomic E-state index is 0.0319. The van der Waals surface area contributed by atoms with Crippen LogP contribution < -0.4 is 0 Å². The van der Waals surface area contributed by atoms with Crippen LogP contribution in [0.3, 0.4) is 0 Å². The number of Topliss-reactive ketones (excluding diaryl/α,β-unsaturated/α-hetero) is 1. The predicted octanol–water partition coefficient (Wildman–Crippen LogP) is 3.27. The Balaban J connectivity index is 2.03. The van der Waals surface area contributed by atoms with Crippen LogP contribution in [0, 0.1) is 5.82 Å². The molecule has 92 valence electrons. The maximum Gasteiger partial charge on any atom is 0.166 e. The second-order valence-corrected chi connectivity index (χ2v) is 5.31. The summed E-state index contributed by atoms with van der Waals surface area (Å²) in [6, 6.07) is 4.75. The number of ether oxygens (including phenoxy) is 1. The Labute approximate surface area is 108 Å². The standard InChI is InChI=1S/C13H14BrFO2/c1-8-2-5-13(17-8)12(16)6-9-3-4-10(14)7-11(9)15/h3-4,7-8,13H,2,5-6H2,1H3. The number of halogens is 2. The molecule has 0 aromatic heterocycles. The summed E-state index contributed by atoms with van der Waals surface area (Å²) in [5.74, 6) is -0.380. The Morgan fingerprint density at radius 2 is 2.29 bits per heavy atom. The van der Waals surface area contributed by atoms with Gasteiger partial charge in [0.05, 0.1) is 6.10 Å². The van der Waals surface area contributed by atoms with Crippen molar-refractivity contribution in [1.82, 2.24) is 0 Å². The monoisotopic (exact) mass is 300 g/mol. The Hall–Kier alpha value is -0.740. The maximum atomic E-state index is 13.6. The molecule has 2 nitrogen and oxygen atoms in total. The van der Waals surface area contributed by atoms with E-state index in [2.05, 4.69) is 15.9 Å². The van der Waals surface area contributed by atoms with Gasteiger partial charge in [-0.15, -0.1) is 0 Å². The molecule has 1 aromatic carbocycles. The number of hydrogen-bond donors (Lipinski definition) is 0. The summed E-state index contributed by atoms with van der Waals surface area (Å²) >= 11 is 3.19. The molecule has 1 aromatic rings. The maximum absolute atomic E-state index is 13.6. The molecule has 0 radical (unpaired) electrons. The molecule has 2 rings (SSSR count). The summed E-state index contributed by atoms with van der Waals surface area (Å²) < 4.78 is 19.7. The van der Waals surface area contributed by atoms with Gasteiger partial charge in [-0.2, -0.15) is 0 Å². The van der Waals surface area contributed by atoms with Crippen LogP contribution >= 0.6 is 15.9 Å². The zero-order chi connectivity index (χ0) is 12.4. The van der Waals surface area contributed by atoms with Gasteiger partial charge in [-0.25, -0.2) is 4.39 Å². The minimum atomic E-state index is -0.354. The van der Waals surface area contributed by atoms with Crippen molar-refractivity contribution in [2.75, 3.05) is 0 Å². The molecule has 0 N–H and O–H groups in total. The fourth-order valence-corrected chi connectivity index (χ4v) is 2.34. The van der Waals surface area contributed by atoms with E-state index in [0.717, 1.165) is 12.8 Å². The topological polar surface area (TPSA) is 26.3 Å². The van der Waals surface area contributed by atoms with Gasteiger partial charge in [-0.05, 0) is 37.5 Å². The van der Waals surface area contributed by atoms with Crippen LogP contribution in [-0.4, -0.2) is 18.0 Å². The summed E-state index contributed by atoms with van der Waals surface area (Å²) in [5.41, 5.74) is 0.432. The molecule has 1 aliphatic rings. The van der Waals surface area contributed by atoms with Gasteiger partial charge in [0.1, 0.15) is 11.9 Å². The average Bonchev–Trinajstić information content (AvgIpc) is 2.69. The van der Waals surface area contributed by atoms with Crippen LogP contribution in [0.2, 0.25) is 0 Å². The predicted molar refractivity (Wildman–Crippen MR) is 66.4 cm³/mol. The molecule has 0 spiro atoms. The lowest BCUT2D eigenvalue weighted by atomic mass is 10.0. The second-order valence-electron chi connectivity index (χ2n) is 4.39. The Kier molecular flexibility index (Phi) is 3.94. The molecular weight excluding hydrogens is 287 g/mol. The van der Waals surface area contributed by atoms with Gasteiger partial charge in [0, 0.05) is 10.9 Å². The minimum Gasteiger partial charge on any atom is -0.367 e. The largest absolute Gasteiger partial charge is 0.367 e. The Morgan fingerprint density at radius 1 is 1.53 bits per heavy atom. The molecule has 0 aliphatic carbocycles. The lowest BCUT2D eigenvalue weighted by Crippen LogP contribution is -2.22. The van der Waals surface area contributed by atoms with Crippen LogP contribution in [0.25, 0.3) is 0 Å². The SMILES string of the molecule is CC1CCC(C(=O)Cc2ccc(Br)cc2F)O1. The molecule has 0 amide bonds. The third-order valence-corrected chi connectivity index (χ3v) is 3.46. The molecule has 4 heteroatoms. The van der Waals surface area contributed by atoms with E-state index in [4.69, 9.17) is 4.74 Å². The van der Waals surface area contributed by atoms with Crippen molar-refractivity contribution in [2.24, 2.45) is 0 Å². The lowest BCUT2D eigenvalue weighted by Gasteiger charge is -2.10. The van der Waals surface area contributed by atoms with Gasteiger partial charge < -0.3 is 4.74 Å². The van der Waals surface area contributed by atoms with Crippen molar-refractivity contribution in [1.29, 1.82) is 0 Å². The second kappa shape index (κ2) is 5.27. The number of carbonyl (C=O) groups is 1. The molecule has 1 heterocycles. The van der Waals surface area contributed by atoms with E-state index in [-0.39, 0.29) is 30.2 Å². The molecule has 2 atom stereocenters. The highest BCUT2D eigenvalue weighted by molar-refractivity contribution is 9.10. The zero-order valence-electron chi connectivity index (χ0n) is 9.58. The van der Waals surface area contributed by atoms with Crippen LogP contribution in [-0.2, 0) is 16.0 Å². The van der Waals surface area contributed by atoms with Crippen molar-refractivity contribution in [2.45, 2.75) is 38.4 Å². The zero-order valence-corrected chi connectivity index (χ0v) is 11.2. The van der Waals surface area contributed by atoms with Crippen molar-refractivity contribution < 1.29 is 13.9 Å². The highest BCUT2D eigenvalue weighted by Crippen LogP contribution is 2.22. The molecule has 0 bridgehead atoms. The van der Waals surface area contributed by atoms with Crippen molar-refractivity contribution in [3.05, 3.63) is 34.1 Å². The highest BCUT2D eigenvalue weighted by Gasteiger charge is 2.28. The number of ketones is 1. The van der Waals surface area contributed by atoms with Crippen LogP contribution in [0.15, 0.2) is 22.7 Å². The summed E-state index contributed by atoms with van der Waals surface area (Å²) in [5, 5.41) is 0. The van der Waals surface area contributed by atoms with Crippen molar-refractivity contribution >= 4 is 21.7 Å². The first-order chi connectivity index (χ1) is 8.06. The summed E-state index contributed by atoms with van der Waals surface area (Å²) in [6.45, 7) is 1.95.